The highest BCUT2D eigenvalue weighted by molar-refractivity contribution is 6.31. The van der Waals surface area contributed by atoms with Crippen LogP contribution in [0.4, 0.5) is 0 Å². The number of hydrogen-bond acceptors (Lipinski definition) is 3. The van der Waals surface area contributed by atoms with Crippen LogP contribution in [0.2, 0.25) is 5.02 Å². The molecule has 0 amide bonds. The monoisotopic (exact) mass is 316 g/mol. The van der Waals surface area contributed by atoms with Crippen LogP contribution in [0.3, 0.4) is 0 Å². The van der Waals surface area contributed by atoms with Gasteiger partial charge >= 0.3 is 0 Å². The second kappa shape index (κ2) is 6.67. The molecule has 0 unspecified atom stereocenters. The number of halogens is 1. The van der Waals surface area contributed by atoms with E-state index in [0.717, 1.165) is 36.8 Å². The van der Waals surface area contributed by atoms with Crippen LogP contribution in [0.15, 0.2) is 36.5 Å². The first-order valence-corrected chi connectivity index (χ1v) is 8.16. The molecule has 0 atom stereocenters. The predicted octanol–water partition coefficient (Wildman–Crippen LogP) is 4.34. The minimum atomic E-state index is 0.293. The van der Waals surface area contributed by atoms with Gasteiger partial charge in [-0.15, -0.1) is 0 Å². The van der Waals surface area contributed by atoms with Crippen LogP contribution >= 0.6 is 11.6 Å². The number of hydrogen-bond donors (Lipinski definition) is 1. The van der Waals surface area contributed by atoms with Crippen molar-refractivity contribution < 1.29 is 5.11 Å². The van der Waals surface area contributed by atoms with Gasteiger partial charge in [-0.25, -0.2) is 0 Å². The van der Waals surface area contributed by atoms with Crippen molar-refractivity contribution in [3.8, 4) is 17.0 Å². The van der Waals surface area contributed by atoms with Crippen LogP contribution in [-0.2, 0) is 6.54 Å². The van der Waals surface area contributed by atoms with E-state index < -0.39 is 0 Å². The van der Waals surface area contributed by atoms with Crippen molar-refractivity contribution in [1.29, 1.82) is 0 Å². The second-order valence-corrected chi connectivity index (χ2v) is 6.57. The van der Waals surface area contributed by atoms with Crippen molar-refractivity contribution in [2.24, 2.45) is 5.92 Å². The van der Waals surface area contributed by atoms with Gasteiger partial charge in [-0.3, -0.25) is 9.88 Å². The first-order valence-electron chi connectivity index (χ1n) is 7.78. The van der Waals surface area contributed by atoms with Gasteiger partial charge in [0.05, 0.1) is 5.69 Å². The summed E-state index contributed by atoms with van der Waals surface area (Å²) in [5.74, 6) is 1.09. The molecule has 116 valence electrons. The fraction of sp³-hybridized carbons (Fsp3) is 0.389. The molecule has 0 bridgehead atoms. The molecule has 1 fully saturated rings. The van der Waals surface area contributed by atoms with Crippen LogP contribution in [0.5, 0.6) is 5.75 Å². The molecule has 4 heteroatoms. The molecule has 1 aromatic heterocycles. The predicted molar refractivity (Wildman–Crippen MR) is 90.0 cm³/mol. The standard InChI is InChI=1S/C18H21ClN2O/c1-13-5-8-21(9-6-13)12-14-10-15(19)11-16(18(14)22)17-4-2-3-7-20-17/h2-4,7,10-11,13,22H,5-6,8-9,12H2,1H3. The summed E-state index contributed by atoms with van der Waals surface area (Å²) in [7, 11) is 0. The Kier molecular flexibility index (Phi) is 4.65. The van der Waals surface area contributed by atoms with Crippen LogP contribution in [0, 0.1) is 5.92 Å². The van der Waals surface area contributed by atoms with Gasteiger partial charge in [0.15, 0.2) is 0 Å². The molecule has 2 aromatic rings. The molecule has 1 aliphatic rings. The summed E-state index contributed by atoms with van der Waals surface area (Å²) in [6, 6.07) is 9.30. The number of aromatic nitrogens is 1. The zero-order chi connectivity index (χ0) is 15.5. The van der Waals surface area contributed by atoms with E-state index in [2.05, 4.69) is 16.8 Å². The topological polar surface area (TPSA) is 36.4 Å². The van der Waals surface area contributed by atoms with E-state index >= 15 is 0 Å². The maximum atomic E-state index is 10.6. The molecule has 0 aliphatic carbocycles. The minimum absolute atomic E-state index is 0.293. The zero-order valence-corrected chi connectivity index (χ0v) is 13.6. The molecule has 1 aromatic carbocycles. The largest absolute Gasteiger partial charge is 0.507 e. The van der Waals surface area contributed by atoms with E-state index in [0.29, 0.717) is 16.3 Å². The number of benzene rings is 1. The SMILES string of the molecule is CC1CCN(Cc2cc(Cl)cc(-c3ccccn3)c2O)CC1. The van der Waals surface area contributed by atoms with Gasteiger partial charge in [-0.05, 0) is 56.1 Å². The van der Waals surface area contributed by atoms with Crippen molar-refractivity contribution in [2.75, 3.05) is 13.1 Å². The molecule has 0 radical (unpaired) electrons. The Balaban J connectivity index is 1.87. The fourth-order valence-corrected chi connectivity index (χ4v) is 3.20. The van der Waals surface area contributed by atoms with Crippen LogP contribution in [0.25, 0.3) is 11.3 Å². The number of rotatable bonds is 3. The quantitative estimate of drug-likeness (QED) is 0.915. The van der Waals surface area contributed by atoms with Crippen molar-refractivity contribution in [3.05, 3.63) is 47.1 Å². The van der Waals surface area contributed by atoms with Gasteiger partial charge in [-0.2, -0.15) is 0 Å². The highest BCUT2D eigenvalue weighted by Crippen LogP contribution is 2.35. The molecule has 1 aliphatic heterocycles. The van der Waals surface area contributed by atoms with Gasteiger partial charge in [0, 0.05) is 28.9 Å². The third-order valence-electron chi connectivity index (χ3n) is 4.36. The van der Waals surface area contributed by atoms with Crippen molar-refractivity contribution >= 4 is 11.6 Å². The van der Waals surface area contributed by atoms with Gasteiger partial charge in [0.25, 0.3) is 0 Å². The van der Waals surface area contributed by atoms with E-state index in [9.17, 15) is 5.11 Å². The Morgan fingerprint density at radius 3 is 2.73 bits per heavy atom. The highest BCUT2D eigenvalue weighted by atomic mass is 35.5. The number of aromatic hydroxyl groups is 1. The average Bonchev–Trinajstić information content (AvgIpc) is 2.53. The minimum Gasteiger partial charge on any atom is -0.507 e. The summed E-state index contributed by atoms with van der Waals surface area (Å²) < 4.78 is 0. The molecule has 22 heavy (non-hydrogen) atoms. The molecule has 1 N–H and O–H groups in total. The lowest BCUT2D eigenvalue weighted by Crippen LogP contribution is -2.32. The van der Waals surface area contributed by atoms with Crippen LogP contribution in [0.1, 0.15) is 25.3 Å². The smallest absolute Gasteiger partial charge is 0.129 e. The van der Waals surface area contributed by atoms with Crippen molar-refractivity contribution in [3.63, 3.8) is 0 Å². The number of phenols is 1. The van der Waals surface area contributed by atoms with Crippen LogP contribution < -0.4 is 0 Å². The Morgan fingerprint density at radius 1 is 1.27 bits per heavy atom. The van der Waals surface area contributed by atoms with Crippen LogP contribution in [-0.4, -0.2) is 28.1 Å². The molecule has 1 saturated heterocycles. The number of phenolic OH excluding ortho intramolecular Hbond substituents is 1. The Morgan fingerprint density at radius 2 is 2.05 bits per heavy atom. The Labute approximate surface area is 136 Å². The van der Waals surface area contributed by atoms with E-state index in [1.54, 1.807) is 12.3 Å². The summed E-state index contributed by atoms with van der Waals surface area (Å²) in [5, 5.41) is 11.3. The third-order valence-corrected chi connectivity index (χ3v) is 4.58. The zero-order valence-electron chi connectivity index (χ0n) is 12.8. The molecule has 2 heterocycles. The van der Waals surface area contributed by atoms with Gasteiger partial charge in [0.1, 0.15) is 5.75 Å². The third kappa shape index (κ3) is 3.42. The molecule has 0 spiro atoms. The number of pyridine rings is 1. The highest BCUT2D eigenvalue weighted by Gasteiger charge is 2.19. The molecule has 0 saturated carbocycles. The maximum absolute atomic E-state index is 10.6. The normalized spacial score (nSPS) is 16.8. The van der Waals surface area contributed by atoms with Gasteiger partial charge < -0.3 is 5.11 Å². The fourth-order valence-electron chi connectivity index (χ4n) is 2.95. The lowest BCUT2D eigenvalue weighted by atomic mass is 9.98. The lowest BCUT2D eigenvalue weighted by Gasteiger charge is -2.30. The molecule has 3 nitrogen and oxygen atoms in total. The number of likely N-dealkylation sites (tertiary alicyclic amines) is 1. The van der Waals surface area contributed by atoms with E-state index in [1.165, 1.54) is 12.8 Å². The van der Waals surface area contributed by atoms with Crippen molar-refractivity contribution in [1.82, 2.24) is 9.88 Å². The Hall–Kier alpha value is -1.58. The first kappa shape index (κ1) is 15.3. The van der Waals surface area contributed by atoms with E-state index in [4.69, 9.17) is 11.6 Å². The summed E-state index contributed by atoms with van der Waals surface area (Å²) in [5.41, 5.74) is 2.33. The van der Waals surface area contributed by atoms with Crippen molar-refractivity contribution in [2.45, 2.75) is 26.3 Å². The summed E-state index contributed by atoms with van der Waals surface area (Å²) in [6.07, 6.45) is 4.16. The van der Waals surface area contributed by atoms with E-state index in [1.807, 2.05) is 24.3 Å². The summed E-state index contributed by atoms with van der Waals surface area (Å²) in [4.78, 5) is 6.70. The number of piperidine rings is 1. The summed E-state index contributed by atoms with van der Waals surface area (Å²) in [6.45, 7) is 5.18. The van der Waals surface area contributed by atoms with Gasteiger partial charge in [0.2, 0.25) is 0 Å². The molecular formula is C18H21ClN2O. The molecular weight excluding hydrogens is 296 g/mol. The van der Waals surface area contributed by atoms with E-state index in [-0.39, 0.29) is 0 Å². The second-order valence-electron chi connectivity index (χ2n) is 6.13. The lowest BCUT2D eigenvalue weighted by molar-refractivity contribution is 0.184. The molecule has 3 rings (SSSR count). The number of nitrogens with zero attached hydrogens (tertiary/aromatic N) is 2. The average molecular weight is 317 g/mol. The van der Waals surface area contributed by atoms with Gasteiger partial charge in [-0.1, -0.05) is 24.6 Å². The first-order chi connectivity index (χ1) is 10.6. The summed E-state index contributed by atoms with van der Waals surface area (Å²) >= 11 is 6.26. The Bertz CT molecular complexity index is 637. The maximum Gasteiger partial charge on any atom is 0.129 e.